The summed E-state index contributed by atoms with van der Waals surface area (Å²) in [6.45, 7) is 25.8. The zero-order valence-electron chi connectivity index (χ0n) is 37.0. The van der Waals surface area contributed by atoms with Gasteiger partial charge in [0.05, 0.1) is 6.20 Å². The molecule has 4 aromatic carbocycles. The predicted molar refractivity (Wildman–Crippen MR) is 243 cm³/mol. The minimum atomic E-state index is 0. The van der Waals surface area contributed by atoms with Crippen LogP contribution in [0.5, 0.6) is 11.5 Å². The van der Waals surface area contributed by atoms with Crippen LogP contribution in [0.2, 0.25) is 0 Å². The van der Waals surface area contributed by atoms with Crippen molar-refractivity contribution in [1.82, 2.24) is 19.3 Å². The molecule has 0 radical (unpaired) electrons. The second-order valence-corrected chi connectivity index (χ2v) is 18.6. The number of hydrogen-bond donors (Lipinski definition) is 0. The summed E-state index contributed by atoms with van der Waals surface area (Å²) >= 11 is 0. The van der Waals surface area contributed by atoms with Crippen LogP contribution in [0.4, 0.5) is 0 Å². The first-order valence-electron chi connectivity index (χ1n) is 21.6. The average Bonchev–Trinajstić information content (AvgIpc) is 3.77. The van der Waals surface area contributed by atoms with E-state index in [2.05, 4.69) is 148 Å². The molecule has 0 amide bonds. The Hall–Kier alpha value is -4.47. The van der Waals surface area contributed by atoms with E-state index >= 15 is 0 Å². The third kappa shape index (κ3) is 9.78. The Labute approximate surface area is 367 Å². The van der Waals surface area contributed by atoms with Crippen LogP contribution < -0.4 is 4.74 Å². The minimum Gasteiger partial charge on any atom is -0.509 e. The van der Waals surface area contributed by atoms with Crippen molar-refractivity contribution in [3.8, 4) is 34.1 Å². The molecule has 0 fully saturated rings. The number of benzene rings is 4. The second-order valence-electron chi connectivity index (χ2n) is 18.6. The molecule has 59 heavy (non-hydrogen) atoms. The number of aryl methyl sites for hydroxylation is 1. The van der Waals surface area contributed by atoms with Crippen molar-refractivity contribution in [2.75, 3.05) is 0 Å². The maximum atomic E-state index is 6.54. The molecule has 0 saturated carbocycles. The molecule has 0 saturated heterocycles. The van der Waals surface area contributed by atoms with E-state index in [9.17, 15) is 0 Å². The summed E-state index contributed by atoms with van der Waals surface area (Å²) < 4.78 is 10.7. The van der Waals surface area contributed by atoms with Crippen molar-refractivity contribution in [2.24, 2.45) is 29.6 Å². The zero-order valence-corrected chi connectivity index (χ0v) is 39.3. The van der Waals surface area contributed by atoms with E-state index in [1.165, 1.54) is 22.3 Å². The molecule has 0 unspecified atom stereocenters. The monoisotopic (exact) mass is 965 g/mol. The molecule has 0 aliphatic heterocycles. The quantitative estimate of drug-likeness (QED) is 0.0962. The van der Waals surface area contributed by atoms with Crippen LogP contribution in [-0.2, 0) is 53.2 Å². The molecule has 3 aromatic heterocycles. The molecule has 7 rings (SSSR count). The molecule has 310 valence electrons. The maximum absolute atomic E-state index is 6.54. The summed E-state index contributed by atoms with van der Waals surface area (Å²) in [5.41, 5.74) is 14.5. The fourth-order valence-corrected chi connectivity index (χ4v) is 8.76. The second kappa shape index (κ2) is 18.8. The standard InChI is InChI=1S/C53H62N4O.Pt/c1-33(2)23-45-46(24-34(3)4)48(26-36(7)8)53(49(27-37(9)10)47(45)25-35(5)6)39-31-55-56(32-39)40-15-14-16-41(29-40)58-42-19-20-44-43-17-12-13-18-50(43)57(51(44)30-42)52-28-38(11)21-22-54-52;/h12-22,28,31-37H,23-27H2,1-11H3;/q-2;+2. The fourth-order valence-electron chi connectivity index (χ4n) is 8.76. The maximum Gasteiger partial charge on any atom is 2.00 e. The Balaban J connectivity index is 0.00000585. The third-order valence-electron chi connectivity index (χ3n) is 10.9. The number of para-hydroxylation sites is 1. The van der Waals surface area contributed by atoms with Gasteiger partial charge < -0.3 is 9.30 Å². The van der Waals surface area contributed by atoms with Gasteiger partial charge >= 0.3 is 21.1 Å². The summed E-state index contributed by atoms with van der Waals surface area (Å²) in [6.07, 6.45) is 11.6. The van der Waals surface area contributed by atoms with Crippen LogP contribution in [0.25, 0.3) is 44.4 Å². The molecule has 6 heteroatoms. The first-order valence-corrected chi connectivity index (χ1v) is 21.6. The Morgan fingerprint density at radius 3 is 1.80 bits per heavy atom. The van der Waals surface area contributed by atoms with E-state index in [1.54, 1.807) is 16.7 Å². The zero-order chi connectivity index (χ0) is 41.2. The number of hydrogen-bond acceptors (Lipinski definition) is 3. The van der Waals surface area contributed by atoms with Crippen molar-refractivity contribution in [3.05, 3.63) is 131 Å². The molecule has 5 nitrogen and oxygen atoms in total. The van der Waals surface area contributed by atoms with Gasteiger partial charge in [-0.1, -0.05) is 93.0 Å². The molecular formula is C53H62N4OPt. The van der Waals surface area contributed by atoms with Crippen LogP contribution in [0.1, 0.15) is 103 Å². The van der Waals surface area contributed by atoms with Crippen LogP contribution in [0.15, 0.2) is 85.3 Å². The minimum absolute atomic E-state index is 0. The van der Waals surface area contributed by atoms with Gasteiger partial charge in [-0.2, -0.15) is 17.2 Å². The van der Waals surface area contributed by atoms with Crippen molar-refractivity contribution >= 4 is 21.8 Å². The summed E-state index contributed by atoms with van der Waals surface area (Å²) in [6, 6.07) is 29.8. The number of ether oxygens (including phenoxy) is 1. The molecule has 0 atom stereocenters. The molecule has 0 spiro atoms. The van der Waals surface area contributed by atoms with Crippen molar-refractivity contribution in [1.29, 1.82) is 0 Å². The normalized spacial score (nSPS) is 11.9. The van der Waals surface area contributed by atoms with E-state index < -0.39 is 0 Å². The van der Waals surface area contributed by atoms with Gasteiger partial charge in [0.15, 0.2) is 0 Å². The largest absolute Gasteiger partial charge is 2.00 e. The number of aromatic nitrogens is 4. The van der Waals surface area contributed by atoms with Gasteiger partial charge in [0.2, 0.25) is 0 Å². The number of nitrogens with zero attached hydrogens (tertiary/aromatic N) is 4. The first kappa shape index (κ1) is 44.1. The Morgan fingerprint density at radius 2 is 1.19 bits per heavy atom. The van der Waals surface area contributed by atoms with Gasteiger partial charge in [-0.3, -0.25) is 4.68 Å². The molecule has 3 heterocycles. The molecule has 0 aliphatic carbocycles. The van der Waals surface area contributed by atoms with Crippen LogP contribution in [0, 0.1) is 48.6 Å². The number of pyridine rings is 1. The van der Waals surface area contributed by atoms with Gasteiger partial charge in [-0.05, 0) is 137 Å². The Morgan fingerprint density at radius 1 is 0.610 bits per heavy atom. The van der Waals surface area contributed by atoms with Gasteiger partial charge in [0, 0.05) is 35.0 Å². The molecule has 0 aliphatic rings. The Kier molecular flexibility index (Phi) is 14.1. The molecule has 0 bridgehead atoms. The third-order valence-corrected chi connectivity index (χ3v) is 10.9. The number of rotatable bonds is 15. The van der Waals surface area contributed by atoms with Gasteiger partial charge in [-0.25, -0.2) is 4.98 Å². The molecular weight excluding hydrogens is 904 g/mol. The van der Waals surface area contributed by atoms with E-state index in [1.807, 2.05) is 35.1 Å². The average molecular weight is 966 g/mol. The number of fused-ring (bicyclic) bond motifs is 3. The molecule has 0 N–H and O–H groups in total. The van der Waals surface area contributed by atoms with Crippen LogP contribution in [0.3, 0.4) is 0 Å². The summed E-state index contributed by atoms with van der Waals surface area (Å²) in [5.74, 6) is 4.86. The SMILES string of the molecule is Cc1ccnc(-n2c3[c-]c(Oc4[c-]c(-n5cc(-c6c(CC(C)C)c(CC(C)C)c(CC(C)C)c(CC(C)C)c6CC(C)C)cn5)ccc4)ccc3c3ccccc32)c1.[Pt+2]. The van der Waals surface area contributed by atoms with Crippen LogP contribution >= 0.6 is 0 Å². The molecule has 7 aromatic rings. The van der Waals surface area contributed by atoms with E-state index in [4.69, 9.17) is 14.8 Å². The van der Waals surface area contributed by atoms with Crippen molar-refractivity contribution in [3.63, 3.8) is 0 Å². The van der Waals surface area contributed by atoms with Crippen molar-refractivity contribution in [2.45, 2.75) is 108 Å². The topological polar surface area (TPSA) is 44.9 Å². The van der Waals surface area contributed by atoms with Crippen molar-refractivity contribution < 1.29 is 25.8 Å². The smallest absolute Gasteiger partial charge is 0.509 e. The predicted octanol–water partition coefficient (Wildman–Crippen LogP) is 13.7. The van der Waals surface area contributed by atoms with Gasteiger partial charge in [0.1, 0.15) is 5.82 Å². The fraction of sp³-hybridized carbons (Fsp3) is 0.396. The summed E-state index contributed by atoms with van der Waals surface area (Å²) in [4.78, 5) is 4.74. The van der Waals surface area contributed by atoms with E-state index in [0.29, 0.717) is 41.1 Å². The first-order chi connectivity index (χ1) is 27.8. The Bertz CT molecular complexity index is 2490. The van der Waals surface area contributed by atoms with E-state index in [-0.39, 0.29) is 21.1 Å². The summed E-state index contributed by atoms with van der Waals surface area (Å²) in [5, 5.41) is 7.29. The van der Waals surface area contributed by atoms with E-state index in [0.717, 1.165) is 71.0 Å². The van der Waals surface area contributed by atoms with Crippen LogP contribution in [-0.4, -0.2) is 19.3 Å². The van der Waals surface area contributed by atoms with Gasteiger partial charge in [0.25, 0.3) is 0 Å². The van der Waals surface area contributed by atoms with Gasteiger partial charge in [-0.15, -0.1) is 35.7 Å². The summed E-state index contributed by atoms with van der Waals surface area (Å²) in [7, 11) is 0.